The molecular formula is C9H15N3O2. The molecule has 0 amide bonds. The van der Waals surface area contributed by atoms with Crippen LogP contribution in [-0.4, -0.2) is 41.2 Å². The van der Waals surface area contributed by atoms with Gasteiger partial charge >= 0.3 is 0 Å². The van der Waals surface area contributed by atoms with Crippen LogP contribution in [0.15, 0.2) is 4.42 Å². The minimum Gasteiger partial charge on any atom is -0.429 e. The summed E-state index contributed by atoms with van der Waals surface area (Å²) < 4.78 is 5.29. The Bertz CT molecular complexity index is 286. The molecule has 1 aromatic rings. The molecule has 0 bridgehead atoms. The van der Waals surface area contributed by atoms with Crippen molar-refractivity contribution in [1.29, 1.82) is 0 Å². The molecule has 0 aromatic carbocycles. The number of β-amino-alcohol motifs (C(OH)–C–C–N with tert-alkyl or cyclic N) is 1. The van der Waals surface area contributed by atoms with Crippen molar-refractivity contribution in [2.24, 2.45) is 0 Å². The molecule has 14 heavy (non-hydrogen) atoms. The molecule has 2 rings (SSSR count). The van der Waals surface area contributed by atoms with Gasteiger partial charge in [-0.1, -0.05) is 0 Å². The fourth-order valence-corrected chi connectivity index (χ4v) is 1.79. The van der Waals surface area contributed by atoms with Gasteiger partial charge in [0.25, 0.3) is 6.01 Å². The van der Waals surface area contributed by atoms with Gasteiger partial charge in [-0.3, -0.25) is 0 Å². The van der Waals surface area contributed by atoms with Gasteiger partial charge in [-0.25, -0.2) is 0 Å². The summed E-state index contributed by atoms with van der Waals surface area (Å²) in [6, 6.07) is 0.269. The fraction of sp³-hybridized carbons (Fsp3) is 0.667. The lowest BCUT2D eigenvalue weighted by molar-refractivity contribution is 0.200. The third-order valence-corrected chi connectivity index (χ3v) is 2.53. The highest BCUT2D eigenvalue weighted by atomic mass is 16.4. The lowest BCUT2D eigenvalue weighted by Crippen LogP contribution is -2.29. The molecule has 3 N–H and O–H groups in total. The van der Waals surface area contributed by atoms with Crippen LogP contribution >= 0.6 is 0 Å². The number of aliphatic hydroxyl groups is 1. The second-order valence-electron chi connectivity index (χ2n) is 3.49. The topological polar surface area (TPSA) is 75.5 Å². The van der Waals surface area contributed by atoms with Crippen molar-refractivity contribution in [1.82, 2.24) is 9.88 Å². The van der Waals surface area contributed by atoms with E-state index in [4.69, 9.17) is 15.3 Å². The summed E-state index contributed by atoms with van der Waals surface area (Å²) in [4.78, 5) is 6.33. The highest BCUT2D eigenvalue weighted by Gasteiger charge is 2.18. The number of aliphatic hydroxyl groups excluding tert-OH is 1. The quantitative estimate of drug-likeness (QED) is 0.677. The number of nitrogens with zero attached hydrogens (tertiary/aromatic N) is 2. The van der Waals surface area contributed by atoms with Gasteiger partial charge < -0.3 is 20.2 Å². The van der Waals surface area contributed by atoms with Crippen LogP contribution in [0.25, 0.3) is 0 Å². The van der Waals surface area contributed by atoms with E-state index in [-0.39, 0.29) is 12.6 Å². The predicted molar refractivity (Wildman–Crippen MR) is 51.8 cm³/mol. The Labute approximate surface area is 82.5 Å². The Kier molecular flexibility index (Phi) is 2.69. The Balaban J connectivity index is 2.04. The summed E-state index contributed by atoms with van der Waals surface area (Å²) in [5.41, 5.74) is 6.45. The number of fused-ring (bicyclic) bond motifs is 1. The van der Waals surface area contributed by atoms with Crippen LogP contribution < -0.4 is 5.73 Å². The van der Waals surface area contributed by atoms with E-state index in [1.807, 2.05) is 0 Å². The zero-order chi connectivity index (χ0) is 9.97. The number of aromatic nitrogens is 1. The smallest absolute Gasteiger partial charge is 0.292 e. The second kappa shape index (κ2) is 3.98. The summed E-state index contributed by atoms with van der Waals surface area (Å²) in [5.74, 6) is 0.905. The van der Waals surface area contributed by atoms with Crippen LogP contribution in [0.5, 0.6) is 0 Å². The zero-order valence-electron chi connectivity index (χ0n) is 8.07. The molecule has 0 spiro atoms. The molecule has 1 aromatic heterocycles. The summed E-state index contributed by atoms with van der Waals surface area (Å²) in [6.07, 6.45) is 1.69. The molecule has 0 saturated heterocycles. The van der Waals surface area contributed by atoms with Crippen LogP contribution in [0.1, 0.15) is 11.5 Å². The van der Waals surface area contributed by atoms with Crippen molar-refractivity contribution in [3.63, 3.8) is 0 Å². The Morgan fingerprint density at radius 3 is 3.00 bits per heavy atom. The first kappa shape index (κ1) is 9.48. The molecule has 0 radical (unpaired) electrons. The normalized spacial score (nSPS) is 17.8. The van der Waals surface area contributed by atoms with Gasteiger partial charge in [-0.05, 0) is 0 Å². The first-order chi connectivity index (χ1) is 6.79. The zero-order valence-corrected chi connectivity index (χ0v) is 8.07. The number of rotatable bonds is 2. The number of nitrogen functional groups attached to an aromatic ring is 1. The van der Waals surface area contributed by atoms with E-state index >= 15 is 0 Å². The van der Waals surface area contributed by atoms with Gasteiger partial charge in [0, 0.05) is 32.5 Å². The molecular weight excluding hydrogens is 182 g/mol. The third-order valence-electron chi connectivity index (χ3n) is 2.53. The largest absolute Gasteiger partial charge is 0.429 e. The van der Waals surface area contributed by atoms with Crippen LogP contribution in [-0.2, 0) is 12.8 Å². The van der Waals surface area contributed by atoms with Crippen LogP contribution in [0.4, 0.5) is 6.01 Å². The van der Waals surface area contributed by atoms with E-state index in [0.29, 0.717) is 0 Å². The molecule has 1 aliphatic rings. The minimum absolute atomic E-state index is 0.205. The summed E-state index contributed by atoms with van der Waals surface area (Å²) in [7, 11) is 0. The van der Waals surface area contributed by atoms with E-state index < -0.39 is 0 Å². The Hall–Kier alpha value is -1.07. The number of oxazole rings is 1. The van der Waals surface area contributed by atoms with Crippen LogP contribution in [0.3, 0.4) is 0 Å². The fourth-order valence-electron chi connectivity index (χ4n) is 1.79. The lowest BCUT2D eigenvalue weighted by Gasteiger charge is -2.17. The molecule has 1 aliphatic heterocycles. The molecule has 5 heteroatoms. The Morgan fingerprint density at radius 1 is 1.43 bits per heavy atom. The third kappa shape index (κ3) is 1.88. The predicted octanol–water partition coefficient (Wildman–Crippen LogP) is -0.350. The molecule has 5 nitrogen and oxygen atoms in total. The maximum atomic E-state index is 8.82. The maximum Gasteiger partial charge on any atom is 0.292 e. The summed E-state index contributed by atoms with van der Waals surface area (Å²) >= 11 is 0. The number of nitrogens with two attached hydrogens (primary N) is 1. The van der Waals surface area contributed by atoms with E-state index in [1.54, 1.807) is 0 Å². The highest BCUT2D eigenvalue weighted by Crippen LogP contribution is 2.17. The minimum atomic E-state index is 0.205. The van der Waals surface area contributed by atoms with Crippen molar-refractivity contribution in [2.45, 2.75) is 12.8 Å². The van der Waals surface area contributed by atoms with E-state index in [2.05, 4.69) is 9.88 Å². The molecule has 0 fully saturated rings. The van der Waals surface area contributed by atoms with Gasteiger partial charge in [0.15, 0.2) is 0 Å². The van der Waals surface area contributed by atoms with Crippen LogP contribution in [0, 0.1) is 0 Å². The van der Waals surface area contributed by atoms with Gasteiger partial charge in [-0.2, -0.15) is 4.98 Å². The number of hydrogen-bond acceptors (Lipinski definition) is 5. The SMILES string of the molecule is Nc1nc2c(o1)CCN(CCO)CC2. The van der Waals surface area contributed by atoms with Gasteiger partial charge in [0.2, 0.25) is 0 Å². The summed E-state index contributed by atoms with van der Waals surface area (Å²) in [6.45, 7) is 2.75. The molecule has 0 aliphatic carbocycles. The average Bonchev–Trinajstić information content (AvgIpc) is 2.42. The van der Waals surface area contributed by atoms with Crippen molar-refractivity contribution < 1.29 is 9.52 Å². The lowest BCUT2D eigenvalue weighted by atomic mass is 10.2. The van der Waals surface area contributed by atoms with Crippen molar-refractivity contribution >= 4 is 6.01 Å². The monoisotopic (exact) mass is 197 g/mol. The van der Waals surface area contributed by atoms with Gasteiger partial charge in [0.05, 0.1) is 12.3 Å². The van der Waals surface area contributed by atoms with Crippen molar-refractivity contribution in [3.05, 3.63) is 11.5 Å². The maximum absolute atomic E-state index is 8.82. The number of hydrogen-bond donors (Lipinski definition) is 2. The van der Waals surface area contributed by atoms with Crippen LogP contribution in [0.2, 0.25) is 0 Å². The highest BCUT2D eigenvalue weighted by molar-refractivity contribution is 5.21. The number of anilines is 1. The van der Waals surface area contributed by atoms with Gasteiger partial charge in [0.1, 0.15) is 5.76 Å². The van der Waals surface area contributed by atoms with E-state index in [0.717, 1.165) is 43.9 Å². The van der Waals surface area contributed by atoms with Gasteiger partial charge in [-0.15, -0.1) is 0 Å². The molecule has 78 valence electrons. The Morgan fingerprint density at radius 2 is 2.21 bits per heavy atom. The molecule has 0 saturated carbocycles. The second-order valence-corrected chi connectivity index (χ2v) is 3.49. The average molecular weight is 197 g/mol. The molecule has 2 heterocycles. The molecule has 0 atom stereocenters. The first-order valence-electron chi connectivity index (χ1n) is 4.87. The van der Waals surface area contributed by atoms with Crippen molar-refractivity contribution in [3.8, 4) is 0 Å². The van der Waals surface area contributed by atoms with E-state index in [1.165, 1.54) is 0 Å². The first-order valence-corrected chi connectivity index (χ1v) is 4.87. The van der Waals surface area contributed by atoms with E-state index in [9.17, 15) is 0 Å². The summed E-state index contributed by atoms with van der Waals surface area (Å²) in [5, 5.41) is 8.82. The van der Waals surface area contributed by atoms with Crippen molar-refractivity contribution in [2.75, 3.05) is 32.0 Å². The standard InChI is InChI=1S/C9H15N3O2/c10-9-11-7-1-3-12(5-6-13)4-2-8(7)14-9/h13H,1-6H2,(H2,10,11). The molecule has 0 unspecified atom stereocenters.